The molecule has 40 heavy (non-hydrogen) atoms. The minimum absolute atomic E-state index is 0.0434. The van der Waals surface area contributed by atoms with Crippen molar-refractivity contribution in [2.75, 3.05) is 50.3 Å². The summed E-state index contributed by atoms with van der Waals surface area (Å²) in [6, 6.07) is 18.7. The number of nitrogens with one attached hydrogen (secondary N) is 1. The van der Waals surface area contributed by atoms with Gasteiger partial charge in [-0.3, -0.25) is 9.10 Å². The molecule has 0 bridgehead atoms. The van der Waals surface area contributed by atoms with Crippen molar-refractivity contribution in [3.8, 4) is 5.75 Å². The number of anilines is 1. The standard InChI is InChI=1S/C27H30ClN3O7S2/c1-21-7-8-22(19-26(21)28)31(40(35,36)24-5-3-2-4-6-24)20-27(32)29-13-16-38-23-9-11-25(12-10-23)39(33,34)30-14-17-37-18-15-30/h2-12,19H,13-18,20H2,1H3,(H,29,32). The van der Waals surface area contributed by atoms with Gasteiger partial charge in [-0.15, -0.1) is 0 Å². The monoisotopic (exact) mass is 607 g/mol. The molecule has 10 nitrogen and oxygen atoms in total. The molecule has 1 aliphatic rings. The highest BCUT2D eigenvalue weighted by molar-refractivity contribution is 7.92. The fourth-order valence-electron chi connectivity index (χ4n) is 3.96. The molecule has 0 aromatic heterocycles. The summed E-state index contributed by atoms with van der Waals surface area (Å²) in [6.45, 7) is 2.85. The van der Waals surface area contributed by atoms with E-state index in [1.54, 1.807) is 49.4 Å². The average Bonchev–Trinajstić information content (AvgIpc) is 2.96. The number of aryl methyl sites for hydroxylation is 1. The number of ether oxygens (including phenoxy) is 2. The zero-order chi connectivity index (χ0) is 28.8. The van der Waals surface area contributed by atoms with Gasteiger partial charge in [0.2, 0.25) is 15.9 Å². The maximum absolute atomic E-state index is 13.4. The second-order valence-corrected chi connectivity index (χ2v) is 13.2. The molecule has 3 aromatic carbocycles. The third-order valence-corrected chi connectivity index (χ3v) is 10.3. The normalized spacial score (nSPS) is 14.4. The SMILES string of the molecule is Cc1ccc(N(CC(=O)NCCOc2ccc(S(=O)(=O)N3CCOCC3)cc2)S(=O)(=O)c2ccccc2)cc1Cl. The quantitative estimate of drug-likeness (QED) is 0.332. The van der Waals surface area contributed by atoms with E-state index in [-0.39, 0.29) is 28.6 Å². The third kappa shape index (κ3) is 7.12. The molecule has 0 saturated carbocycles. The Kier molecular flexibility index (Phi) is 9.69. The van der Waals surface area contributed by atoms with Crippen molar-refractivity contribution in [3.63, 3.8) is 0 Å². The van der Waals surface area contributed by atoms with Crippen LogP contribution in [0.25, 0.3) is 0 Å². The van der Waals surface area contributed by atoms with E-state index in [1.807, 2.05) is 0 Å². The van der Waals surface area contributed by atoms with E-state index in [9.17, 15) is 21.6 Å². The molecular formula is C27H30ClN3O7S2. The zero-order valence-electron chi connectivity index (χ0n) is 21.8. The molecule has 1 fully saturated rings. The number of nitrogens with zero attached hydrogens (tertiary/aromatic N) is 2. The van der Waals surface area contributed by atoms with Gasteiger partial charge < -0.3 is 14.8 Å². The lowest BCUT2D eigenvalue weighted by molar-refractivity contribution is -0.119. The van der Waals surface area contributed by atoms with Gasteiger partial charge in [0.15, 0.2) is 0 Å². The van der Waals surface area contributed by atoms with Crippen molar-refractivity contribution >= 4 is 43.2 Å². The van der Waals surface area contributed by atoms with Gasteiger partial charge in [-0.05, 0) is 61.0 Å². The minimum Gasteiger partial charge on any atom is -0.492 e. The van der Waals surface area contributed by atoms with Crippen LogP contribution in [-0.2, 0) is 29.6 Å². The molecular weight excluding hydrogens is 578 g/mol. The number of amides is 1. The molecule has 4 rings (SSSR count). The summed E-state index contributed by atoms with van der Waals surface area (Å²) in [5, 5.41) is 3.04. The molecule has 0 spiro atoms. The number of benzene rings is 3. The Morgan fingerprint density at radius 3 is 2.30 bits per heavy atom. The number of sulfonamides is 2. The summed E-state index contributed by atoms with van der Waals surface area (Å²) < 4.78 is 65.6. The summed E-state index contributed by atoms with van der Waals surface area (Å²) in [6.07, 6.45) is 0. The fraction of sp³-hybridized carbons (Fsp3) is 0.296. The lowest BCUT2D eigenvalue weighted by Gasteiger charge is -2.26. The molecule has 3 aromatic rings. The predicted octanol–water partition coefficient (Wildman–Crippen LogP) is 3.06. The minimum atomic E-state index is -4.05. The number of halogens is 1. The fourth-order valence-corrected chi connectivity index (χ4v) is 6.98. The average molecular weight is 608 g/mol. The highest BCUT2D eigenvalue weighted by Crippen LogP contribution is 2.28. The van der Waals surface area contributed by atoms with Crippen LogP contribution in [0.15, 0.2) is 82.6 Å². The summed E-state index contributed by atoms with van der Waals surface area (Å²) in [5.74, 6) is -0.107. The Bertz CT molecular complexity index is 1530. The van der Waals surface area contributed by atoms with Crippen LogP contribution in [0, 0.1) is 6.92 Å². The van der Waals surface area contributed by atoms with E-state index in [0.29, 0.717) is 37.1 Å². The molecule has 0 atom stereocenters. The van der Waals surface area contributed by atoms with Crippen LogP contribution in [-0.4, -0.2) is 73.0 Å². The van der Waals surface area contributed by atoms with Crippen molar-refractivity contribution < 1.29 is 31.1 Å². The first-order valence-corrected chi connectivity index (χ1v) is 15.8. The molecule has 1 aliphatic heterocycles. The summed E-state index contributed by atoms with van der Waals surface area (Å²) in [4.78, 5) is 13.0. The molecule has 214 valence electrons. The van der Waals surface area contributed by atoms with Crippen molar-refractivity contribution in [2.45, 2.75) is 16.7 Å². The molecule has 1 N–H and O–H groups in total. The lowest BCUT2D eigenvalue weighted by atomic mass is 10.2. The van der Waals surface area contributed by atoms with Gasteiger partial charge in [0.25, 0.3) is 10.0 Å². The van der Waals surface area contributed by atoms with Crippen LogP contribution in [0.1, 0.15) is 5.56 Å². The van der Waals surface area contributed by atoms with E-state index in [2.05, 4.69) is 5.32 Å². The highest BCUT2D eigenvalue weighted by Gasteiger charge is 2.28. The first-order valence-electron chi connectivity index (χ1n) is 12.5. The lowest BCUT2D eigenvalue weighted by Crippen LogP contribution is -2.42. The maximum atomic E-state index is 13.4. The number of morpholine rings is 1. The van der Waals surface area contributed by atoms with Crippen molar-refractivity contribution in [3.05, 3.63) is 83.4 Å². The second kappa shape index (κ2) is 13.0. The number of hydrogen-bond donors (Lipinski definition) is 1. The van der Waals surface area contributed by atoms with Gasteiger partial charge in [-0.1, -0.05) is 35.9 Å². The largest absolute Gasteiger partial charge is 0.492 e. The molecule has 1 heterocycles. The number of hydrogen-bond acceptors (Lipinski definition) is 7. The third-order valence-electron chi connectivity index (χ3n) is 6.19. The molecule has 13 heteroatoms. The van der Waals surface area contributed by atoms with E-state index < -0.39 is 32.5 Å². The van der Waals surface area contributed by atoms with E-state index in [1.165, 1.54) is 34.6 Å². The van der Waals surface area contributed by atoms with Crippen LogP contribution in [0.3, 0.4) is 0 Å². The Morgan fingerprint density at radius 1 is 0.975 bits per heavy atom. The van der Waals surface area contributed by atoms with Gasteiger partial charge in [0.1, 0.15) is 18.9 Å². The van der Waals surface area contributed by atoms with E-state index in [0.717, 1.165) is 9.87 Å². The Morgan fingerprint density at radius 2 is 1.65 bits per heavy atom. The Labute approximate surface area is 239 Å². The van der Waals surface area contributed by atoms with Crippen LogP contribution in [0.2, 0.25) is 5.02 Å². The Hall–Kier alpha value is -3.16. The van der Waals surface area contributed by atoms with Crippen molar-refractivity contribution in [1.29, 1.82) is 0 Å². The maximum Gasteiger partial charge on any atom is 0.264 e. The number of carbonyl (C=O) groups is 1. The van der Waals surface area contributed by atoms with Gasteiger partial charge in [-0.25, -0.2) is 16.8 Å². The van der Waals surface area contributed by atoms with Gasteiger partial charge in [0, 0.05) is 18.1 Å². The first kappa shape index (κ1) is 29.8. The highest BCUT2D eigenvalue weighted by atomic mass is 35.5. The Balaban J connectivity index is 1.36. The van der Waals surface area contributed by atoms with Crippen molar-refractivity contribution in [1.82, 2.24) is 9.62 Å². The summed E-state index contributed by atoms with van der Waals surface area (Å²) >= 11 is 6.25. The molecule has 0 unspecified atom stereocenters. The summed E-state index contributed by atoms with van der Waals surface area (Å²) in [5.41, 5.74) is 1.04. The van der Waals surface area contributed by atoms with E-state index in [4.69, 9.17) is 21.1 Å². The molecule has 1 saturated heterocycles. The number of rotatable bonds is 11. The van der Waals surface area contributed by atoms with Gasteiger partial charge in [-0.2, -0.15) is 4.31 Å². The van der Waals surface area contributed by atoms with Crippen LogP contribution in [0.5, 0.6) is 5.75 Å². The first-order chi connectivity index (χ1) is 19.1. The van der Waals surface area contributed by atoms with E-state index >= 15 is 0 Å². The van der Waals surface area contributed by atoms with Crippen molar-refractivity contribution in [2.24, 2.45) is 0 Å². The predicted molar refractivity (Wildman–Crippen MR) is 152 cm³/mol. The number of carbonyl (C=O) groups excluding carboxylic acids is 1. The van der Waals surface area contributed by atoms with Crippen LogP contribution in [0.4, 0.5) is 5.69 Å². The molecule has 0 radical (unpaired) electrons. The smallest absolute Gasteiger partial charge is 0.264 e. The molecule has 0 aliphatic carbocycles. The molecule has 1 amide bonds. The van der Waals surface area contributed by atoms with Gasteiger partial charge >= 0.3 is 0 Å². The van der Waals surface area contributed by atoms with Gasteiger partial charge in [0.05, 0.1) is 35.2 Å². The second-order valence-electron chi connectivity index (χ2n) is 8.94. The van der Waals surface area contributed by atoms with Crippen LogP contribution < -0.4 is 14.4 Å². The topological polar surface area (TPSA) is 122 Å². The summed E-state index contributed by atoms with van der Waals surface area (Å²) in [7, 11) is -7.66. The zero-order valence-corrected chi connectivity index (χ0v) is 24.2. The van der Waals surface area contributed by atoms with Crippen LogP contribution >= 0.6 is 11.6 Å².